The molecule has 8 nitrogen and oxygen atoms in total. The molecule has 0 aliphatic heterocycles. The molecular formula is C14H13N7O. The lowest BCUT2D eigenvalue weighted by Crippen LogP contribution is -2.08. The highest BCUT2D eigenvalue weighted by molar-refractivity contribution is 5.25. The van der Waals surface area contributed by atoms with Gasteiger partial charge in [0.15, 0.2) is 0 Å². The number of rotatable bonds is 6. The molecule has 2 heterocycles. The zero-order valence-corrected chi connectivity index (χ0v) is 11.6. The molecule has 1 aromatic carbocycles. The smallest absolute Gasteiger partial charge is 0.247 e. The second kappa shape index (κ2) is 6.60. The van der Waals surface area contributed by atoms with Crippen LogP contribution in [0.2, 0.25) is 0 Å². The Labute approximate surface area is 126 Å². The summed E-state index contributed by atoms with van der Waals surface area (Å²) in [5.74, 6) is 0.475. The van der Waals surface area contributed by atoms with Crippen LogP contribution in [-0.4, -0.2) is 36.8 Å². The molecule has 0 saturated carbocycles. The van der Waals surface area contributed by atoms with E-state index in [1.807, 2.05) is 30.3 Å². The molecule has 0 saturated heterocycles. The number of hydrogen-bond acceptors (Lipinski definition) is 6. The Morgan fingerprint density at radius 3 is 2.91 bits per heavy atom. The van der Waals surface area contributed by atoms with E-state index in [1.54, 1.807) is 6.20 Å². The van der Waals surface area contributed by atoms with E-state index in [4.69, 9.17) is 10.00 Å². The lowest BCUT2D eigenvalue weighted by molar-refractivity contribution is 0.0817. The van der Waals surface area contributed by atoms with E-state index in [1.165, 1.54) is 11.0 Å². The van der Waals surface area contributed by atoms with Crippen LogP contribution in [0, 0.1) is 11.3 Å². The average Bonchev–Trinajstić information content (AvgIpc) is 3.23. The first-order valence-corrected chi connectivity index (χ1v) is 6.70. The van der Waals surface area contributed by atoms with Crippen molar-refractivity contribution in [1.82, 2.24) is 30.2 Å². The molecule has 1 unspecified atom stereocenters. The minimum Gasteiger partial charge on any atom is -0.366 e. The predicted molar refractivity (Wildman–Crippen MR) is 75.8 cm³/mol. The Hall–Kier alpha value is -3.05. The van der Waals surface area contributed by atoms with E-state index in [9.17, 15) is 0 Å². The van der Waals surface area contributed by atoms with Gasteiger partial charge in [-0.2, -0.15) is 20.0 Å². The SMILES string of the molecule is N#CCCOC(c1ccccc1)c1cn(-c2ncn[nH]2)nn1. The Morgan fingerprint density at radius 2 is 2.18 bits per heavy atom. The zero-order chi connectivity index (χ0) is 15.2. The molecule has 3 aromatic rings. The van der Waals surface area contributed by atoms with Gasteiger partial charge in [-0.1, -0.05) is 35.5 Å². The van der Waals surface area contributed by atoms with Crippen LogP contribution in [0.15, 0.2) is 42.9 Å². The van der Waals surface area contributed by atoms with Crippen LogP contribution in [0.3, 0.4) is 0 Å². The van der Waals surface area contributed by atoms with E-state index in [-0.39, 0.29) is 6.10 Å². The number of nitriles is 1. The van der Waals surface area contributed by atoms with Gasteiger partial charge in [-0.25, -0.2) is 5.10 Å². The summed E-state index contributed by atoms with van der Waals surface area (Å²) in [6.45, 7) is 0.325. The van der Waals surface area contributed by atoms with Gasteiger partial charge in [-0.05, 0) is 5.56 Å². The topological polar surface area (TPSA) is 105 Å². The first-order valence-electron chi connectivity index (χ1n) is 6.70. The van der Waals surface area contributed by atoms with E-state index >= 15 is 0 Å². The zero-order valence-electron chi connectivity index (χ0n) is 11.6. The normalized spacial score (nSPS) is 12.0. The third-order valence-electron chi connectivity index (χ3n) is 3.00. The van der Waals surface area contributed by atoms with Gasteiger partial charge in [0, 0.05) is 0 Å². The third kappa shape index (κ3) is 2.99. The maximum Gasteiger partial charge on any atom is 0.247 e. The van der Waals surface area contributed by atoms with Crippen molar-refractivity contribution >= 4 is 0 Å². The monoisotopic (exact) mass is 295 g/mol. The first-order chi connectivity index (χ1) is 10.9. The summed E-state index contributed by atoms with van der Waals surface area (Å²) in [6, 6.07) is 11.7. The molecule has 8 heteroatoms. The second-order valence-electron chi connectivity index (χ2n) is 4.47. The molecular weight excluding hydrogens is 282 g/mol. The molecule has 22 heavy (non-hydrogen) atoms. The first kappa shape index (κ1) is 13.9. The third-order valence-corrected chi connectivity index (χ3v) is 3.00. The van der Waals surface area contributed by atoms with Crippen LogP contribution in [0.1, 0.15) is 23.8 Å². The summed E-state index contributed by atoms with van der Waals surface area (Å²) < 4.78 is 7.29. The van der Waals surface area contributed by atoms with Gasteiger partial charge in [0.25, 0.3) is 0 Å². The highest BCUT2D eigenvalue weighted by atomic mass is 16.5. The molecule has 0 bridgehead atoms. The van der Waals surface area contributed by atoms with E-state index in [2.05, 4.69) is 31.6 Å². The Morgan fingerprint density at radius 1 is 1.32 bits per heavy atom. The highest BCUT2D eigenvalue weighted by Gasteiger charge is 2.19. The van der Waals surface area contributed by atoms with E-state index < -0.39 is 0 Å². The van der Waals surface area contributed by atoms with Gasteiger partial charge in [-0.3, -0.25) is 0 Å². The van der Waals surface area contributed by atoms with Crippen molar-refractivity contribution in [2.75, 3.05) is 6.61 Å². The van der Waals surface area contributed by atoms with Crippen molar-refractivity contribution in [2.45, 2.75) is 12.5 Å². The van der Waals surface area contributed by atoms with Crippen LogP contribution in [0.4, 0.5) is 0 Å². The Bertz CT molecular complexity index is 745. The number of H-pyrrole nitrogens is 1. The number of hydrogen-bond donors (Lipinski definition) is 1. The fraction of sp³-hybridized carbons (Fsp3) is 0.214. The van der Waals surface area contributed by atoms with Crippen LogP contribution in [0.5, 0.6) is 0 Å². The number of nitrogens with zero attached hydrogens (tertiary/aromatic N) is 6. The molecule has 0 fully saturated rings. The molecule has 0 amide bonds. The number of aromatic amines is 1. The lowest BCUT2D eigenvalue weighted by atomic mass is 10.1. The van der Waals surface area contributed by atoms with Crippen molar-refractivity contribution in [3.63, 3.8) is 0 Å². The van der Waals surface area contributed by atoms with Crippen LogP contribution < -0.4 is 0 Å². The van der Waals surface area contributed by atoms with E-state index in [0.717, 1.165) is 5.56 Å². The van der Waals surface area contributed by atoms with Crippen LogP contribution in [0.25, 0.3) is 5.95 Å². The molecule has 0 aliphatic rings. The van der Waals surface area contributed by atoms with Gasteiger partial charge >= 0.3 is 0 Å². The molecule has 2 aromatic heterocycles. The molecule has 1 N–H and O–H groups in total. The largest absolute Gasteiger partial charge is 0.366 e. The van der Waals surface area contributed by atoms with Gasteiger partial charge in [0.2, 0.25) is 5.95 Å². The van der Waals surface area contributed by atoms with Crippen molar-refractivity contribution in [1.29, 1.82) is 5.26 Å². The predicted octanol–water partition coefficient (Wildman–Crippen LogP) is 1.41. The maximum atomic E-state index is 8.67. The Balaban J connectivity index is 1.87. The van der Waals surface area contributed by atoms with Crippen LogP contribution >= 0.6 is 0 Å². The van der Waals surface area contributed by atoms with Crippen molar-refractivity contribution < 1.29 is 4.74 Å². The number of aromatic nitrogens is 6. The molecule has 0 aliphatic carbocycles. The Kier molecular flexibility index (Phi) is 4.17. The molecule has 0 radical (unpaired) electrons. The molecule has 110 valence electrons. The fourth-order valence-electron chi connectivity index (χ4n) is 2.01. The maximum absolute atomic E-state index is 8.67. The summed E-state index contributed by atoms with van der Waals surface area (Å²) in [4.78, 5) is 4.02. The number of ether oxygens (including phenoxy) is 1. The number of benzene rings is 1. The van der Waals surface area contributed by atoms with Gasteiger partial charge in [0.05, 0.1) is 25.3 Å². The number of nitrogens with one attached hydrogen (secondary N) is 1. The van der Waals surface area contributed by atoms with Crippen molar-refractivity contribution in [3.8, 4) is 12.0 Å². The molecule has 1 atom stereocenters. The molecule has 3 rings (SSSR count). The van der Waals surface area contributed by atoms with Gasteiger partial charge in [-0.15, -0.1) is 5.10 Å². The highest BCUT2D eigenvalue weighted by Crippen LogP contribution is 2.24. The summed E-state index contributed by atoms with van der Waals surface area (Å²) in [7, 11) is 0. The van der Waals surface area contributed by atoms with Gasteiger partial charge in [0.1, 0.15) is 18.1 Å². The molecule has 0 spiro atoms. The van der Waals surface area contributed by atoms with Crippen LogP contribution in [-0.2, 0) is 4.74 Å². The van der Waals surface area contributed by atoms with Gasteiger partial charge < -0.3 is 4.74 Å². The van der Waals surface area contributed by atoms with E-state index in [0.29, 0.717) is 24.7 Å². The van der Waals surface area contributed by atoms with Crippen molar-refractivity contribution in [2.24, 2.45) is 0 Å². The minimum absolute atomic E-state index is 0.319. The summed E-state index contributed by atoms with van der Waals surface area (Å²) in [5.41, 5.74) is 1.59. The summed E-state index contributed by atoms with van der Waals surface area (Å²) in [6.07, 6.45) is 3.06. The second-order valence-corrected chi connectivity index (χ2v) is 4.47. The standard InChI is InChI=1S/C14H13N7O/c15-7-4-8-22-13(11-5-2-1-3-6-11)12-9-21(20-18-12)14-16-10-17-19-14/h1-3,5-6,9-10,13H,4,8H2,(H,16,17,19). The minimum atomic E-state index is -0.383. The summed E-state index contributed by atoms with van der Waals surface area (Å²) in [5, 5.41) is 23.3. The summed E-state index contributed by atoms with van der Waals surface area (Å²) >= 11 is 0. The van der Waals surface area contributed by atoms with Crippen molar-refractivity contribution in [3.05, 3.63) is 54.1 Å². The lowest BCUT2D eigenvalue weighted by Gasteiger charge is -2.14. The fourth-order valence-corrected chi connectivity index (χ4v) is 2.01. The average molecular weight is 295 g/mol. The quantitative estimate of drug-likeness (QED) is 0.689.